The van der Waals surface area contributed by atoms with Crippen molar-refractivity contribution in [1.29, 1.82) is 0 Å². The first-order valence-corrected chi connectivity index (χ1v) is 9.10. The Morgan fingerprint density at radius 2 is 1.88 bits per heavy atom. The standard InChI is InChI=1S/C20H18Cl2N4/c1-25(2)12-14-10-23-19-11-24-20(15-5-3-4-6-17(15)22)16-9-13(21)7-8-18(16)26(14)19/h3-10H,11-12H2,1-2H3. The molecular formula is C20H18Cl2N4. The number of benzene rings is 2. The largest absolute Gasteiger partial charge is 0.304 e. The van der Waals surface area contributed by atoms with Crippen molar-refractivity contribution in [1.82, 2.24) is 14.5 Å². The molecule has 4 nitrogen and oxygen atoms in total. The Kier molecular flexibility index (Phi) is 4.57. The predicted molar refractivity (Wildman–Crippen MR) is 107 cm³/mol. The van der Waals surface area contributed by atoms with Crippen molar-refractivity contribution < 1.29 is 0 Å². The summed E-state index contributed by atoms with van der Waals surface area (Å²) in [5.41, 5.74) is 4.84. The van der Waals surface area contributed by atoms with Crippen LogP contribution >= 0.6 is 23.2 Å². The Hall–Kier alpha value is -2.14. The van der Waals surface area contributed by atoms with Crippen LogP contribution in [-0.4, -0.2) is 34.3 Å². The van der Waals surface area contributed by atoms with Crippen LogP contribution in [0.25, 0.3) is 5.69 Å². The second-order valence-corrected chi connectivity index (χ2v) is 7.39. The maximum absolute atomic E-state index is 6.46. The van der Waals surface area contributed by atoms with Crippen molar-refractivity contribution in [2.24, 2.45) is 4.99 Å². The summed E-state index contributed by atoms with van der Waals surface area (Å²) in [7, 11) is 4.09. The zero-order chi connectivity index (χ0) is 18.3. The van der Waals surface area contributed by atoms with Gasteiger partial charge >= 0.3 is 0 Å². The number of aromatic nitrogens is 2. The van der Waals surface area contributed by atoms with Crippen molar-refractivity contribution >= 4 is 28.9 Å². The fourth-order valence-corrected chi connectivity index (χ4v) is 3.68. The molecule has 1 aromatic heterocycles. The molecule has 2 heterocycles. The van der Waals surface area contributed by atoms with Gasteiger partial charge in [0.15, 0.2) is 0 Å². The molecule has 0 spiro atoms. The van der Waals surface area contributed by atoms with Crippen LogP contribution in [0, 0.1) is 0 Å². The van der Waals surface area contributed by atoms with E-state index < -0.39 is 0 Å². The molecule has 26 heavy (non-hydrogen) atoms. The van der Waals surface area contributed by atoms with E-state index in [9.17, 15) is 0 Å². The van der Waals surface area contributed by atoms with Crippen molar-refractivity contribution in [3.05, 3.63) is 81.4 Å². The second-order valence-electron chi connectivity index (χ2n) is 6.55. The summed E-state index contributed by atoms with van der Waals surface area (Å²) in [4.78, 5) is 11.6. The topological polar surface area (TPSA) is 33.4 Å². The first kappa shape index (κ1) is 17.3. The minimum absolute atomic E-state index is 0.486. The third kappa shape index (κ3) is 3.05. The van der Waals surface area contributed by atoms with Gasteiger partial charge in [0.2, 0.25) is 0 Å². The van der Waals surface area contributed by atoms with E-state index in [0.717, 1.165) is 40.6 Å². The maximum atomic E-state index is 6.46. The molecule has 3 aromatic rings. The highest BCUT2D eigenvalue weighted by Crippen LogP contribution is 2.31. The number of nitrogens with zero attached hydrogens (tertiary/aromatic N) is 4. The van der Waals surface area contributed by atoms with Gasteiger partial charge in [0, 0.05) is 27.7 Å². The van der Waals surface area contributed by atoms with E-state index in [2.05, 4.69) is 14.5 Å². The third-order valence-corrected chi connectivity index (χ3v) is 4.91. The van der Waals surface area contributed by atoms with Gasteiger partial charge in [-0.3, -0.25) is 9.56 Å². The lowest BCUT2D eigenvalue weighted by Crippen LogP contribution is -2.16. The molecule has 0 bridgehead atoms. The Labute approximate surface area is 162 Å². The third-order valence-electron chi connectivity index (χ3n) is 4.35. The van der Waals surface area contributed by atoms with E-state index in [-0.39, 0.29) is 0 Å². The van der Waals surface area contributed by atoms with E-state index in [4.69, 9.17) is 28.2 Å². The number of halogens is 2. The van der Waals surface area contributed by atoms with Gasteiger partial charge in [0.25, 0.3) is 0 Å². The van der Waals surface area contributed by atoms with Gasteiger partial charge in [-0.1, -0.05) is 41.4 Å². The summed E-state index contributed by atoms with van der Waals surface area (Å²) in [6.07, 6.45) is 1.92. The van der Waals surface area contributed by atoms with E-state index in [1.54, 1.807) is 0 Å². The summed E-state index contributed by atoms with van der Waals surface area (Å²) in [5, 5.41) is 1.34. The lowest BCUT2D eigenvalue weighted by molar-refractivity contribution is 0.393. The Morgan fingerprint density at radius 3 is 2.65 bits per heavy atom. The average Bonchev–Trinajstić information content (AvgIpc) is 2.91. The molecule has 0 radical (unpaired) electrons. The number of hydrogen-bond acceptors (Lipinski definition) is 3. The molecule has 0 amide bonds. The lowest BCUT2D eigenvalue weighted by Gasteiger charge is -2.17. The molecule has 0 aliphatic carbocycles. The van der Waals surface area contributed by atoms with Crippen LogP contribution in [0.5, 0.6) is 0 Å². The normalized spacial score (nSPS) is 13.2. The lowest BCUT2D eigenvalue weighted by atomic mass is 10.0. The molecular weight excluding hydrogens is 367 g/mol. The highest BCUT2D eigenvalue weighted by atomic mass is 35.5. The zero-order valence-electron chi connectivity index (χ0n) is 14.6. The number of fused-ring (bicyclic) bond motifs is 3. The minimum atomic E-state index is 0.486. The number of imidazole rings is 1. The number of aliphatic imine (C=N–C) groups is 1. The van der Waals surface area contributed by atoms with Crippen LogP contribution in [0.2, 0.25) is 10.0 Å². The molecule has 1 aliphatic heterocycles. The SMILES string of the molecule is CN(C)Cc1cnc2n1-c1ccc(Cl)cc1C(c1ccccc1Cl)=NC2. The summed E-state index contributed by atoms with van der Waals surface area (Å²) >= 11 is 12.8. The molecule has 4 rings (SSSR count). The first-order valence-electron chi connectivity index (χ1n) is 8.34. The first-order chi connectivity index (χ1) is 12.5. The average molecular weight is 385 g/mol. The van der Waals surface area contributed by atoms with Gasteiger partial charge in [0.05, 0.1) is 29.8 Å². The summed E-state index contributed by atoms with van der Waals surface area (Å²) in [6, 6.07) is 13.6. The molecule has 0 saturated carbocycles. The van der Waals surface area contributed by atoms with Crippen LogP contribution in [0.15, 0.2) is 53.7 Å². The van der Waals surface area contributed by atoms with E-state index in [1.165, 1.54) is 0 Å². The summed E-state index contributed by atoms with van der Waals surface area (Å²) in [6.45, 7) is 1.27. The molecule has 2 aromatic carbocycles. The van der Waals surface area contributed by atoms with Crippen molar-refractivity contribution in [2.75, 3.05) is 14.1 Å². The van der Waals surface area contributed by atoms with Gasteiger partial charge < -0.3 is 4.90 Å². The van der Waals surface area contributed by atoms with Gasteiger partial charge in [-0.2, -0.15) is 0 Å². The Morgan fingerprint density at radius 1 is 1.08 bits per heavy atom. The molecule has 0 N–H and O–H groups in total. The maximum Gasteiger partial charge on any atom is 0.135 e. The van der Waals surface area contributed by atoms with Crippen molar-refractivity contribution in [3.8, 4) is 5.69 Å². The van der Waals surface area contributed by atoms with Crippen LogP contribution in [0.1, 0.15) is 22.6 Å². The highest BCUT2D eigenvalue weighted by Gasteiger charge is 2.23. The Balaban J connectivity index is 1.95. The highest BCUT2D eigenvalue weighted by molar-refractivity contribution is 6.36. The molecule has 132 valence electrons. The fraction of sp³-hybridized carbons (Fsp3) is 0.200. The summed E-state index contributed by atoms with van der Waals surface area (Å²) < 4.78 is 2.18. The number of rotatable bonds is 3. The molecule has 0 saturated heterocycles. The molecule has 6 heteroatoms. The summed E-state index contributed by atoms with van der Waals surface area (Å²) in [5.74, 6) is 0.910. The van der Waals surface area contributed by atoms with E-state index in [1.807, 2.05) is 62.8 Å². The van der Waals surface area contributed by atoms with Crippen molar-refractivity contribution in [3.63, 3.8) is 0 Å². The van der Waals surface area contributed by atoms with Crippen LogP contribution < -0.4 is 0 Å². The minimum Gasteiger partial charge on any atom is -0.304 e. The molecule has 1 aliphatic rings. The van der Waals surface area contributed by atoms with Crippen LogP contribution in [0.3, 0.4) is 0 Å². The molecule has 0 fully saturated rings. The molecule has 0 unspecified atom stereocenters. The predicted octanol–water partition coefficient (Wildman–Crippen LogP) is 4.59. The van der Waals surface area contributed by atoms with Gasteiger partial charge in [-0.05, 0) is 38.4 Å². The zero-order valence-corrected chi connectivity index (χ0v) is 16.1. The second kappa shape index (κ2) is 6.88. The monoisotopic (exact) mass is 384 g/mol. The van der Waals surface area contributed by atoms with Gasteiger partial charge in [0.1, 0.15) is 5.82 Å². The van der Waals surface area contributed by atoms with Gasteiger partial charge in [-0.15, -0.1) is 0 Å². The van der Waals surface area contributed by atoms with Gasteiger partial charge in [-0.25, -0.2) is 4.98 Å². The quantitative estimate of drug-likeness (QED) is 0.661. The van der Waals surface area contributed by atoms with E-state index in [0.29, 0.717) is 16.6 Å². The fourth-order valence-electron chi connectivity index (χ4n) is 3.28. The van der Waals surface area contributed by atoms with Crippen LogP contribution in [-0.2, 0) is 13.1 Å². The van der Waals surface area contributed by atoms with Crippen LogP contribution in [0.4, 0.5) is 0 Å². The number of hydrogen-bond donors (Lipinski definition) is 0. The Bertz CT molecular complexity index is 1000. The van der Waals surface area contributed by atoms with E-state index >= 15 is 0 Å². The van der Waals surface area contributed by atoms with Crippen molar-refractivity contribution in [2.45, 2.75) is 13.1 Å². The molecule has 0 atom stereocenters. The smallest absolute Gasteiger partial charge is 0.135 e.